The number of ether oxygens (including phenoxy) is 3. The lowest BCUT2D eigenvalue weighted by Crippen LogP contribution is -2.02. The van der Waals surface area contributed by atoms with Gasteiger partial charge in [-0.2, -0.15) is 0 Å². The highest BCUT2D eigenvalue weighted by Gasteiger charge is 2.16. The second-order valence-corrected chi connectivity index (χ2v) is 6.69. The molecule has 0 saturated carbocycles. The molecule has 27 heavy (non-hydrogen) atoms. The molecule has 0 fully saturated rings. The number of fused-ring (bicyclic) bond motifs is 1. The number of hydrogen-bond donors (Lipinski definition) is 2. The lowest BCUT2D eigenvalue weighted by atomic mass is 10.1. The fourth-order valence-corrected chi connectivity index (χ4v) is 3.39. The quantitative estimate of drug-likeness (QED) is 0.483. The van der Waals surface area contributed by atoms with Crippen molar-refractivity contribution >= 4 is 38.7 Å². The number of aromatic nitrogens is 1. The van der Waals surface area contributed by atoms with Gasteiger partial charge in [-0.1, -0.05) is 11.3 Å². The van der Waals surface area contributed by atoms with Crippen LogP contribution in [0.2, 0.25) is 0 Å². The van der Waals surface area contributed by atoms with Crippen molar-refractivity contribution in [1.82, 2.24) is 4.98 Å². The molecule has 0 bridgehead atoms. The van der Waals surface area contributed by atoms with Crippen LogP contribution in [0.4, 0.5) is 9.52 Å². The summed E-state index contributed by atoms with van der Waals surface area (Å²) in [6, 6.07) is 6.34. The molecule has 0 radical (unpaired) electrons. The van der Waals surface area contributed by atoms with Gasteiger partial charge in [0.25, 0.3) is 0 Å². The number of nitrogens with zero attached hydrogens (tertiary/aromatic N) is 1. The number of thiazole rings is 1. The minimum absolute atomic E-state index is 0.0217. The maximum absolute atomic E-state index is 14.5. The largest absolute Gasteiger partial charge is 0.493 e. The summed E-state index contributed by atoms with van der Waals surface area (Å²) in [7, 11) is 3.08. The number of nitrogens with two attached hydrogens (primary N) is 1. The van der Waals surface area contributed by atoms with E-state index in [0.717, 1.165) is 11.8 Å². The predicted octanol–water partition coefficient (Wildman–Crippen LogP) is 4.41. The first-order valence-electron chi connectivity index (χ1n) is 7.94. The number of hydrogen-bond acceptors (Lipinski definition) is 7. The Morgan fingerprint density at radius 1 is 1.15 bits per heavy atom. The molecule has 8 heteroatoms. The van der Waals surface area contributed by atoms with Gasteiger partial charge < -0.3 is 25.4 Å². The van der Waals surface area contributed by atoms with Crippen LogP contribution in [0.1, 0.15) is 11.1 Å². The van der Waals surface area contributed by atoms with Crippen molar-refractivity contribution in [3.8, 4) is 17.2 Å². The second-order valence-electron chi connectivity index (χ2n) is 5.62. The van der Waals surface area contributed by atoms with E-state index in [1.807, 2.05) is 6.92 Å². The third kappa shape index (κ3) is 3.70. The Morgan fingerprint density at radius 2 is 1.85 bits per heavy atom. The highest BCUT2D eigenvalue weighted by Crippen LogP contribution is 2.36. The number of methoxy groups -OCH3 is 2. The highest BCUT2D eigenvalue weighted by molar-refractivity contribution is 7.22. The Hall–Kier alpha value is -3.13. The molecular weight excluding hydrogens is 369 g/mol. The Balaban J connectivity index is 2.06. The van der Waals surface area contributed by atoms with Gasteiger partial charge >= 0.3 is 0 Å². The zero-order chi connectivity index (χ0) is 19.6. The van der Waals surface area contributed by atoms with Crippen LogP contribution in [-0.2, 0) is 0 Å². The van der Waals surface area contributed by atoms with Crippen molar-refractivity contribution in [1.29, 1.82) is 5.41 Å². The molecule has 0 aliphatic rings. The molecular formula is C19H18FN3O3S. The number of allylic oxidation sites excluding steroid dienone is 1. The number of anilines is 1. The monoisotopic (exact) mass is 387 g/mol. The van der Waals surface area contributed by atoms with Crippen LogP contribution in [0, 0.1) is 18.2 Å². The van der Waals surface area contributed by atoms with Crippen molar-refractivity contribution in [3.63, 3.8) is 0 Å². The Labute approximate surface area is 159 Å². The van der Waals surface area contributed by atoms with E-state index in [1.165, 1.54) is 30.6 Å². The number of halogens is 1. The number of rotatable bonds is 6. The molecule has 3 aromatic rings. The zero-order valence-corrected chi connectivity index (χ0v) is 15.8. The molecule has 1 aromatic heterocycles. The molecule has 0 amide bonds. The molecule has 0 unspecified atom stereocenters. The van der Waals surface area contributed by atoms with E-state index in [1.54, 1.807) is 25.3 Å². The molecule has 1 heterocycles. The van der Waals surface area contributed by atoms with Gasteiger partial charge in [0.1, 0.15) is 5.76 Å². The first kappa shape index (κ1) is 18.7. The summed E-state index contributed by atoms with van der Waals surface area (Å²) in [6.45, 7) is 1.86. The van der Waals surface area contributed by atoms with Crippen molar-refractivity contribution in [2.24, 2.45) is 0 Å². The third-order valence-electron chi connectivity index (χ3n) is 3.91. The summed E-state index contributed by atoms with van der Waals surface area (Å²) in [5.41, 5.74) is 7.64. The Bertz CT molecular complexity index is 1050. The topological polar surface area (TPSA) is 90.5 Å². The standard InChI is InChI=1S/C19H18FN3O3S/c1-10-6-16(24-2)17(25-3)7-11(10)14(4-5-21)26-15-9-18-13(8-12(15)20)23-19(22)27-18/h4-9,21H,1-3H3,(H2,22,23)/b14-4+,21-5?. The number of nitrogen functional groups attached to an aromatic ring is 1. The van der Waals surface area contributed by atoms with Gasteiger partial charge in [0.2, 0.25) is 0 Å². The van der Waals surface area contributed by atoms with Crippen molar-refractivity contribution in [2.75, 3.05) is 20.0 Å². The van der Waals surface area contributed by atoms with Crippen molar-refractivity contribution < 1.29 is 18.6 Å². The molecule has 2 aromatic carbocycles. The average Bonchev–Trinajstić information content (AvgIpc) is 3.00. The van der Waals surface area contributed by atoms with Gasteiger partial charge in [0.05, 0.1) is 24.4 Å². The van der Waals surface area contributed by atoms with Gasteiger partial charge in [-0.05, 0) is 30.7 Å². The summed E-state index contributed by atoms with van der Waals surface area (Å²) < 4.78 is 31.6. The number of benzene rings is 2. The molecule has 0 aliphatic heterocycles. The van der Waals surface area contributed by atoms with E-state index in [4.69, 9.17) is 25.4 Å². The molecule has 6 nitrogen and oxygen atoms in total. The van der Waals surface area contributed by atoms with Crippen LogP contribution in [0.3, 0.4) is 0 Å². The molecule has 140 valence electrons. The minimum atomic E-state index is -0.568. The van der Waals surface area contributed by atoms with E-state index < -0.39 is 5.82 Å². The van der Waals surface area contributed by atoms with E-state index >= 15 is 0 Å². The SMILES string of the molecule is COc1cc(C)c(/C(=C\C=N)Oc2cc3sc(N)nc3cc2F)cc1OC. The number of aryl methyl sites for hydroxylation is 1. The predicted molar refractivity (Wildman–Crippen MR) is 106 cm³/mol. The van der Waals surface area contributed by atoms with E-state index in [0.29, 0.717) is 38.2 Å². The Morgan fingerprint density at radius 3 is 2.52 bits per heavy atom. The lowest BCUT2D eigenvalue weighted by molar-refractivity contribution is 0.354. The van der Waals surface area contributed by atoms with E-state index in [2.05, 4.69) is 4.98 Å². The van der Waals surface area contributed by atoms with Crippen LogP contribution in [0.25, 0.3) is 16.0 Å². The van der Waals surface area contributed by atoms with Crippen LogP contribution >= 0.6 is 11.3 Å². The molecule has 0 aliphatic carbocycles. The summed E-state index contributed by atoms with van der Waals surface area (Å²) in [5.74, 6) is 0.832. The first-order valence-corrected chi connectivity index (χ1v) is 8.75. The molecule has 0 atom stereocenters. The summed E-state index contributed by atoms with van der Waals surface area (Å²) in [6.07, 6.45) is 2.52. The second kappa shape index (κ2) is 7.63. The van der Waals surface area contributed by atoms with Crippen molar-refractivity contribution in [2.45, 2.75) is 6.92 Å². The minimum Gasteiger partial charge on any atom is -0.493 e. The van der Waals surface area contributed by atoms with Gasteiger partial charge in [-0.3, -0.25) is 0 Å². The van der Waals surface area contributed by atoms with Crippen LogP contribution in [0.5, 0.6) is 17.2 Å². The van der Waals surface area contributed by atoms with Gasteiger partial charge in [-0.15, -0.1) is 0 Å². The van der Waals surface area contributed by atoms with E-state index in [-0.39, 0.29) is 5.75 Å². The maximum Gasteiger partial charge on any atom is 0.181 e. The normalized spacial score (nSPS) is 11.5. The van der Waals surface area contributed by atoms with Crippen LogP contribution < -0.4 is 19.9 Å². The molecule has 3 N–H and O–H groups in total. The number of nitrogens with one attached hydrogen (secondary N) is 1. The van der Waals surface area contributed by atoms with E-state index in [9.17, 15) is 4.39 Å². The molecule has 0 spiro atoms. The third-order valence-corrected chi connectivity index (χ3v) is 4.76. The molecule has 3 rings (SSSR count). The maximum atomic E-state index is 14.5. The highest BCUT2D eigenvalue weighted by atomic mass is 32.1. The first-order chi connectivity index (χ1) is 13.0. The van der Waals surface area contributed by atoms with Gasteiger partial charge in [-0.25, -0.2) is 9.37 Å². The van der Waals surface area contributed by atoms with Crippen molar-refractivity contribution in [3.05, 3.63) is 47.3 Å². The van der Waals surface area contributed by atoms with Crippen LogP contribution in [0.15, 0.2) is 30.3 Å². The fourth-order valence-electron chi connectivity index (χ4n) is 2.64. The van der Waals surface area contributed by atoms with Gasteiger partial charge in [0.15, 0.2) is 28.2 Å². The molecule has 0 saturated heterocycles. The average molecular weight is 387 g/mol. The lowest BCUT2D eigenvalue weighted by Gasteiger charge is -2.16. The Kier molecular flexibility index (Phi) is 5.27. The summed E-state index contributed by atoms with van der Waals surface area (Å²) >= 11 is 1.24. The summed E-state index contributed by atoms with van der Waals surface area (Å²) in [5, 5.41) is 7.78. The van der Waals surface area contributed by atoms with Gasteiger partial charge in [0, 0.05) is 23.9 Å². The fraction of sp³-hybridized carbons (Fsp3) is 0.158. The van der Waals surface area contributed by atoms with Crippen LogP contribution in [-0.4, -0.2) is 25.4 Å². The summed E-state index contributed by atoms with van der Waals surface area (Å²) in [4.78, 5) is 4.06. The smallest absolute Gasteiger partial charge is 0.181 e. The zero-order valence-electron chi connectivity index (χ0n) is 15.0.